The monoisotopic (exact) mass is 293 g/mol. The van der Waals surface area contributed by atoms with Crippen molar-refractivity contribution < 1.29 is 4.74 Å². The summed E-state index contributed by atoms with van der Waals surface area (Å²) in [5.74, 6) is 0. The molecule has 112 valence electrons. The average molecular weight is 293 g/mol. The van der Waals surface area contributed by atoms with E-state index in [0.717, 1.165) is 13.0 Å². The van der Waals surface area contributed by atoms with Crippen LogP contribution in [0.1, 0.15) is 49.3 Å². The molecule has 0 amide bonds. The second-order valence-electron chi connectivity index (χ2n) is 6.60. The van der Waals surface area contributed by atoms with Gasteiger partial charge in [-0.05, 0) is 58.6 Å². The van der Waals surface area contributed by atoms with Gasteiger partial charge in [-0.1, -0.05) is 6.42 Å². The zero-order chi connectivity index (χ0) is 14.2. The third kappa shape index (κ3) is 2.56. The van der Waals surface area contributed by atoms with Crippen molar-refractivity contribution in [3.63, 3.8) is 0 Å². The van der Waals surface area contributed by atoms with Gasteiger partial charge in [0, 0.05) is 33.9 Å². The van der Waals surface area contributed by atoms with Crippen LogP contribution in [-0.4, -0.2) is 24.8 Å². The van der Waals surface area contributed by atoms with Gasteiger partial charge in [-0.3, -0.25) is 0 Å². The first-order valence-corrected chi connectivity index (χ1v) is 8.88. The average Bonchev–Trinajstić information content (AvgIpc) is 2.71. The third-order valence-corrected chi connectivity index (χ3v) is 6.25. The number of thiophene rings is 1. The lowest BCUT2D eigenvalue weighted by atomic mass is 9.51. The molecule has 3 atom stereocenters. The predicted octanol–water partition coefficient (Wildman–Crippen LogP) is 3.92. The Morgan fingerprint density at radius 2 is 2.25 bits per heavy atom. The molecule has 1 spiro atoms. The Labute approximate surface area is 126 Å². The van der Waals surface area contributed by atoms with E-state index >= 15 is 0 Å². The van der Waals surface area contributed by atoms with Crippen molar-refractivity contribution in [2.45, 2.75) is 71.1 Å². The van der Waals surface area contributed by atoms with Crippen LogP contribution in [0.2, 0.25) is 0 Å². The molecule has 2 nitrogen and oxygen atoms in total. The molecule has 1 N–H and O–H groups in total. The SMILES string of the molecule is CCOC1CC(NC(C)Cc2ccc(C)s2)C12CCC2. The molecule has 1 aromatic rings. The highest BCUT2D eigenvalue weighted by molar-refractivity contribution is 7.11. The molecule has 3 unspecified atom stereocenters. The van der Waals surface area contributed by atoms with Crippen LogP contribution in [0.3, 0.4) is 0 Å². The molecule has 2 fully saturated rings. The van der Waals surface area contributed by atoms with Gasteiger partial charge in [-0.2, -0.15) is 0 Å². The van der Waals surface area contributed by atoms with E-state index in [1.165, 1.54) is 35.4 Å². The van der Waals surface area contributed by atoms with Crippen LogP contribution in [0, 0.1) is 12.3 Å². The molecule has 0 aromatic carbocycles. The molecule has 3 heteroatoms. The Morgan fingerprint density at radius 3 is 2.80 bits per heavy atom. The van der Waals surface area contributed by atoms with E-state index in [9.17, 15) is 0 Å². The number of rotatable bonds is 6. The first-order valence-electron chi connectivity index (χ1n) is 8.07. The Balaban J connectivity index is 1.53. The normalized spacial score (nSPS) is 28.9. The lowest BCUT2D eigenvalue weighted by Crippen LogP contribution is -2.68. The quantitative estimate of drug-likeness (QED) is 0.858. The molecule has 3 rings (SSSR count). The van der Waals surface area contributed by atoms with Crippen LogP contribution in [0.25, 0.3) is 0 Å². The topological polar surface area (TPSA) is 21.3 Å². The van der Waals surface area contributed by atoms with Gasteiger partial charge in [0.05, 0.1) is 6.10 Å². The highest BCUT2D eigenvalue weighted by atomic mass is 32.1. The summed E-state index contributed by atoms with van der Waals surface area (Å²) >= 11 is 1.93. The Hall–Kier alpha value is -0.380. The van der Waals surface area contributed by atoms with Crippen LogP contribution >= 0.6 is 11.3 Å². The summed E-state index contributed by atoms with van der Waals surface area (Å²) in [7, 11) is 0. The van der Waals surface area contributed by atoms with E-state index in [0.29, 0.717) is 23.6 Å². The van der Waals surface area contributed by atoms with Gasteiger partial charge < -0.3 is 10.1 Å². The Kier molecular flexibility index (Phi) is 4.21. The maximum Gasteiger partial charge on any atom is 0.0661 e. The number of aryl methyl sites for hydroxylation is 1. The summed E-state index contributed by atoms with van der Waals surface area (Å²) in [6.07, 6.45) is 7.00. The number of hydrogen-bond donors (Lipinski definition) is 1. The summed E-state index contributed by atoms with van der Waals surface area (Å²) < 4.78 is 5.93. The van der Waals surface area contributed by atoms with E-state index in [1.54, 1.807) is 0 Å². The lowest BCUT2D eigenvalue weighted by Gasteiger charge is -2.61. The molecule has 0 aliphatic heterocycles. The molecule has 2 aliphatic rings. The van der Waals surface area contributed by atoms with Crippen molar-refractivity contribution in [3.05, 3.63) is 21.9 Å². The van der Waals surface area contributed by atoms with E-state index in [4.69, 9.17) is 4.74 Å². The predicted molar refractivity (Wildman–Crippen MR) is 85.5 cm³/mol. The van der Waals surface area contributed by atoms with Crippen molar-refractivity contribution >= 4 is 11.3 Å². The van der Waals surface area contributed by atoms with Gasteiger partial charge in [0.1, 0.15) is 0 Å². The largest absolute Gasteiger partial charge is 0.378 e. The summed E-state index contributed by atoms with van der Waals surface area (Å²) in [6, 6.07) is 5.76. The standard InChI is InChI=1S/C17H27NOS/c1-4-19-16-11-15(17(16)8-5-9-17)18-12(2)10-14-7-6-13(3)20-14/h6-7,12,15-16,18H,4-5,8-11H2,1-3H3. The van der Waals surface area contributed by atoms with Crippen molar-refractivity contribution in [1.82, 2.24) is 5.32 Å². The van der Waals surface area contributed by atoms with Crippen LogP contribution in [0.15, 0.2) is 12.1 Å². The minimum atomic E-state index is 0.482. The third-order valence-electron chi connectivity index (χ3n) is 5.23. The Morgan fingerprint density at radius 1 is 1.45 bits per heavy atom. The molecular formula is C17H27NOS. The van der Waals surface area contributed by atoms with Crippen LogP contribution < -0.4 is 5.32 Å². The number of nitrogens with one attached hydrogen (secondary N) is 1. The Bertz CT molecular complexity index is 452. The van der Waals surface area contributed by atoms with Crippen molar-refractivity contribution in [3.8, 4) is 0 Å². The van der Waals surface area contributed by atoms with Crippen LogP contribution in [-0.2, 0) is 11.2 Å². The van der Waals surface area contributed by atoms with Gasteiger partial charge >= 0.3 is 0 Å². The number of hydrogen-bond acceptors (Lipinski definition) is 3. The van der Waals surface area contributed by atoms with Gasteiger partial charge in [0.2, 0.25) is 0 Å². The van der Waals surface area contributed by atoms with Crippen molar-refractivity contribution in [1.29, 1.82) is 0 Å². The number of ether oxygens (including phenoxy) is 1. The van der Waals surface area contributed by atoms with E-state index in [2.05, 4.69) is 38.2 Å². The summed E-state index contributed by atoms with van der Waals surface area (Å²) in [6.45, 7) is 7.50. The maximum atomic E-state index is 5.93. The second-order valence-corrected chi connectivity index (χ2v) is 7.98. The van der Waals surface area contributed by atoms with E-state index in [-0.39, 0.29) is 0 Å². The first kappa shape index (κ1) is 14.6. The minimum Gasteiger partial charge on any atom is -0.378 e. The molecular weight excluding hydrogens is 266 g/mol. The lowest BCUT2D eigenvalue weighted by molar-refractivity contribution is -0.174. The van der Waals surface area contributed by atoms with Crippen molar-refractivity contribution in [2.75, 3.05) is 6.61 Å². The fourth-order valence-corrected chi connectivity index (χ4v) is 4.99. The molecule has 0 bridgehead atoms. The molecule has 1 aromatic heterocycles. The van der Waals surface area contributed by atoms with Gasteiger partial charge in [-0.25, -0.2) is 0 Å². The van der Waals surface area contributed by atoms with Crippen molar-refractivity contribution in [2.24, 2.45) is 5.41 Å². The smallest absolute Gasteiger partial charge is 0.0661 e. The fourth-order valence-electron chi connectivity index (χ4n) is 3.97. The first-order chi connectivity index (χ1) is 9.64. The summed E-state index contributed by atoms with van der Waals surface area (Å²) in [4.78, 5) is 2.92. The van der Waals surface area contributed by atoms with Gasteiger partial charge in [-0.15, -0.1) is 11.3 Å². The zero-order valence-corrected chi connectivity index (χ0v) is 13.8. The van der Waals surface area contributed by atoms with E-state index < -0.39 is 0 Å². The minimum absolute atomic E-state index is 0.482. The molecule has 20 heavy (non-hydrogen) atoms. The second kappa shape index (κ2) is 5.78. The van der Waals surface area contributed by atoms with Gasteiger partial charge in [0.25, 0.3) is 0 Å². The molecule has 0 saturated heterocycles. The molecule has 0 radical (unpaired) electrons. The van der Waals surface area contributed by atoms with Crippen LogP contribution in [0.5, 0.6) is 0 Å². The summed E-state index contributed by atoms with van der Waals surface area (Å²) in [5.41, 5.74) is 0.482. The zero-order valence-electron chi connectivity index (χ0n) is 12.9. The highest BCUT2D eigenvalue weighted by Gasteiger charge is 2.58. The highest BCUT2D eigenvalue weighted by Crippen LogP contribution is 2.57. The molecule has 2 saturated carbocycles. The van der Waals surface area contributed by atoms with Gasteiger partial charge in [0.15, 0.2) is 0 Å². The molecule has 2 aliphatic carbocycles. The fraction of sp³-hybridized carbons (Fsp3) is 0.765. The molecule has 1 heterocycles. The van der Waals surface area contributed by atoms with Crippen LogP contribution in [0.4, 0.5) is 0 Å². The van der Waals surface area contributed by atoms with E-state index in [1.807, 2.05) is 11.3 Å². The summed E-state index contributed by atoms with van der Waals surface area (Å²) in [5, 5.41) is 3.88. The maximum absolute atomic E-state index is 5.93.